The van der Waals surface area contributed by atoms with Crippen LogP contribution in [0, 0.1) is 6.92 Å². The number of carbonyl (C=O) groups excluding carboxylic acids is 1. The minimum atomic E-state index is -2.35. The largest absolute Gasteiger partial charge is 0.380 e. The maximum atomic E-state index is 12.2. The van der Waals surface area contributed by atoms with E-state index in [1.807, 2.05) is 31.2 Å². The Kier molecular flexibility index (Phi) is 4.59. The second-order valence-electron chi connectivity index (χ2n) is 5.34. The fourth-order valence-corrected chi connectivity index (χ4v) is 2.61. The van der Waals surface area contributed by atoms with Gasteiger partial charge in [0.1, 0.15) is 5.75 Å². The molecule has 24 heavy (non-hydrogen) atoms. The Balaban J connectivity index is 1.81. The van der Waals surface area contributed by atoms with Crippen LogP contribution >= 0.6 is 0 Å². The van der Waals surface area contributed by atoms with E-state index in [1.54, 1.807) is 36.4 Å². The van der Waals surface area contributed by atoms with Gasteiger partial charge in [-0.2, -0.15) is 4.21 Å². The van der Waals surface area contributed by atoms with Crippen molar-refractivity contribution >= 4 is 33.7 Å². The third kappa shape index (κ3) is 3.79. The molecule has 6 heteroatoms. The molecular weight excluding hydrogens is 326 g/mol. The van der Waals surface area contributed by atoms with Gasteiger partial charge in [0, 0.05) is 11.3 Å². The Morgan fingerprint density at radius 2 is 1.67 bits per heavy atom. The van der Waals surface area contributed by atoms with Gasteiger partial charge in [-0.3, -0.25) is 9.35 Å². The molecule has 5 nitrogen and oxygen atoms in total. The summed E-state index contributed by atoms with van der Waals surface area (Å²) in [6.45, 7) is 1.97. The van der Waals surface area contributed by atoms with Crippen LogP contribution in [0.3, 0.4) is 0 Å². The number of hydrogen-bond donors (Lipinski definition) is 2. The van der Waals surface area contributed by atoms with Crippen molar-refractivity contribution in [2.75, 3.05) is 5.32 Å². The molecule has 3 aromatic carbocycles. The molecule has 1 unspecified atom stereocenters. The normalized spacial score (nSPS) is 11.9. The highest BCUT2D eigenvalue weighted by atomic mass is 32.2. The monoisotopic (exact) mass is 341 g/mol. The number of carbonyl (C=O) groups is 1. The molecule has 0 spiro atoms. The average Bonchev–Trinajstić information content (AvgIpc) is 2.55. The number of fused-ring (bicyclic) bond motifs is 1. The first-order valence-corrected chi connectivity index (χ1v) is 8.25. The molecule has 0 aliphatic rings. The van der Waals surface area contributed by atoms with Crippen LogP contribution in [0.25, 0.3) is 10.8 Å². The summed E-state index contributed by atoms with van der Waals surface area (Å²) in [4.78, 5) is 12.2. The average molecular weight is 341 g/mol. The SMILES string of the molecule is Cc1ccc(C(=O)Nc2ccc3cc(OS(=O)O)ccc3c2)cc1. The van der Waals surface area contributed by atoms with Gasteiger partial charge in [0.05, 0.1) is 0 Å². The first kappa shape index (κ1) is 16.2. The summed E-state index contributed by atoms with van der Waals surface area (Å²) < 4.78 is 24.2. The number of benzene rings is 3. The molecule has 2 N–H and O–H groups in total. The third-order valence-corrected chi connectivity index (χ3v) is 3.89. The number of nitrogens with one attached hydrogen (secondary N) is 1. The fraction of sp³-hybridized carbons (Fsp3) is 0.0556. The lowest BCUT2D eigenvalue weighted by atomic mass is 10.1. The van der Waals surface area contributed by atoms with E-state index in [1.165, 1.54) is 0 Å². The smallest absolute Gasteiger partial charge is 0.357 e. The van der Waals surface area contributed by atoms with Crippen LogP contribution in [0.15, 0.2) is 60.7 Å². The Morgan fingerprint density at radius 3 is 2.38 bits per heavy atom. The highest BCUT2D eigenvalue weighted by Gasteiger charge is 2.07. The molecule has 1 atom stereocenters. The molecule has 0 saturated heterocycles. The van der Waals surface area contributed by atoms with Gasteiger partial charge >= 0.3 is 11.4 Å². The highest BCUT2D eigenvalue weighted by Crippen LogP contribution is 2.24. The summed E-state index contributed by atoms with van der Waals surface area (Å²) in [7, 11) is 0. The molecule has 0 aliphatic carbocycles. The molecule has 0 aromatic heterocycles. The van der Waals surface area contributed by atoms with Crippen LogP contribution in [0.1, 0.15) is 15.9 Å². The highest BCUT2D eigenvalue weighted by molar-refractivity contribution is 7.74. The van der Waals surface area contributed by atoms with Crippen molar-refractivity contribution in [2.24, 2.45) is 0 Å². The molecule has 0 saturated carbocycles. The quantitative estimate of drug-likeness (QED) is 0.705. The van der Waals surface area contributed by atoms with Crippen LogP contribution < -0.4 is 9.50 Å². The maximum absolute atomic E-state index is 12.2. The van der Waals surface area contributed by atoms with Gasteiger partial charge in [0.25, 0.3) is 5.91 Å². The number of rotatable bonds is 4. The van der Waals surface area contributed by atoms with Crippen LogP contribution in [0.5, 0.6) is 5.75 Å². The van der Waals surface area contributed by atoms with Crippen LogP contribution in [-0.2, 0) is 11.4 Å². The Morgan fingerprint density at radius 1 is 1.00 bits per heavy atom. The molecular formula is C18H15NO4S. The van der Waals surface area contributed by atoms with Crippen molar-refractivity contribution in [1.29, 1.82) is 0 Å². The van der Waals surface area contributed by atoms with Crippen molar-refractivity contribution in [3.05, 3.63) is 71.8 Å². The molecule has 0 radical (unpaired) electrons. The van der Waals surface area contributed by atoms with Crippen molar-refractivity contribution in [3.8, 4) is 5.75 Å². The zero-order chi connectivity index (χ0) is 17.1. The summed E-state index contributed by atoms with van der Waals surface area (Å²) in [6.07, 6.45) is 0. The second kappa shape index (κ2) is 6.82. The molecule has 3 aromatic rings. The van der Waals surface area contributed by atoms with E-state index in [0.29, 0.717) is 17.0 Å². The van der Waals surface area contributed by atoms with Crippen LogP contribution in [0.4, 0.5) is 5.69 Å². The zero-order valence-electron chi connectivity index (χ0n) is 12.9. The van der Waals surface area contributed by atoms with Crippen molar-refractivity contribution in [1.82, 2.24) is 0 Å². The number of anilines is 1. The van der Waals surface area contributed by atoms with Gasteiger partial charge in [0.2, 0.25) is 0 Å². The van der Waals surface area contributed by atoms with Crippen molar-refractivity contribution < 1.29 is 17.7 Å². The minimum Gasteiger partial charge on any atom is -0.380 e. The van der Waals surface area contributed by atoms with E-state index in [9.17, 15) is 9.00 Å². The standard InChI is InChI=1S/C18H15NO4S/c1-12-2-4-13(5-3-12)18(20)19-16-8-6-15-11-17(23-24(21)22)9-7-14(15)10-16/h2-11H,1H3,(H,19,20)(H,21,22). The zero-order valence-corrected chi connectivity index (χ0v) is 13.7. The Labute approximate surface area is 141 Å². The summed E-state index contributed by atoms with van der Waals surface area (Å²) in [5.74, 6) is 0.129. The van der Waals surface area contributed by atoms with Crippen LogP contribution in [0.2, 0.25) is 0 Å². The fourth-order valence-electron chi connectivity index (χ4n) is 2.34. The van der Waals surface area contributed by atoms with E-state index in [0.717, 1.165) is 16.3 Å². The van der Waals surface area contributed by atoms with Gasteiger partial charge in [-0.15, -0.1) is 0 Å². The molecule has 0 bridgehead atoms. The maximum Gasteiger partial charge on any atom is 0.357 e. The molecule has 3 rings (SSSR count). The van der Waals surface area contributed by atoms with E-state index < -0.39 is 11.4 Å². The topological polar surface area (TPSA) is 75.6 Å². The Hall–Kier alpha value is -2.70. The van der Waals surface area contributed by atoms with Gasteiger partial charge < -0.3 is 9.50 Å². The summed E-state index contributed by atoms with van der Waals surface area (Å²) in [5.41, 5.74) is 2.36. The van der Waals surface area contributed by atoms with Crippen LogP contribution in [-0.4, -0.2) is 14.7 Å². The lowest BCUT2D eigenvalue weighted by Crippen LogP contribution is -2.11. The molecule has 0 fully saturated rings. The Bertz CT molecular complexity index is 922. The van der Waals surface area contributed by atoms with E-state index in [-0.39, 0.29) is 5.91 Å². The van der Waals surface area contributed by atoms with Crippen molar-refractivity contribution in [3.63, 3.8) is 0 Å². The molecule has 1 amide bonds. The first-order chi connectivity index (χ1) is 11.5. The summed E-state index contributed by atoms with van der Waals surface area (Å²) >= 11 is -2.35. The van der Waals surface area contributed by atoms with E-state index in [2.05, 4.69) is 5.32 Å². The van der Waals surface area contributed by atoms with E-state index >= 15 is 0 Å². The van der Waals surface area contributed by atoms with Gasteiger partial charge in [-0.05, 0) is 54.1 Å². The first-order valence-electron chi connectivity index (χ1n) is 7.22. The molecule has 122 valence electrons. The molecule has 0 heterocycles. The van der Waals surface area contributed by atoms with Gasteiger partial charge in [-0.1, -0.05) is 29.8 Å². The second-order valence-corrected chi connectivity index (χ2v) is 5.95. The predicted octanol–water partition coefficient (Wildman–Crippen LogP) is 3.92. The number of aryl methyl sites for hydroxylation is 1. The molecule has 0 aliphatic heterocycles. The lowest BCUT2D eigenvalue weighted by molar-refractivity contribution is 0.102. The van der Waals surface area contributed by atoms with Crippen molar-refractivity contribution in [2.45, 2.75) is 6.92 Å². The predicted molar refractivity (Wildman–Crippen MR) is 94.5 cm³/mol. The van der Waals surface area contributed by atoms with E-state index in [4.69, 9.17) is 8.74 Å². The number of amides is 1. The van der Waals surface area contributed by atoms with Gasteiger partial charge in [-0.25, -0.2) is 0 Å². The summed E-state index contributed by atoms with van der Waals surface area (Å²) in [5, 5.41) is 4.58. The third-order valence-electron chi connectivity index (χ3n) is 3.55. The number of hydrogen-bond acceptors (Lipinski definition) is 3. The minimum absolute atomic E-state index is 0.176. The summed E-state index contributed by atoms with van der Waals surface area (Å²) in [6, 6.07) is 17.8. The van der Waals surface area contributed by atoms with Gasteiger partial charge in [0.15, 0.2) is 0 Å². The lowest BCUT2D eigenvalue weighted by Gasteiger charge is -2.08.